The Hall–Kier alpha value is -2.28. The highest BCUT2D eigenvalue weighted by atomic mass is 32.2. The smallest absolute Gasteiger partial charge is 0.268 e. The van der Waals surface area contributed by atoms with Crippen molar-refractivity contribution in [3.63, 3.8) is 0 Å². The van der Waals surface area contributed by atoms with Crippen molar-refractivity contribution >= 4 is 43.5 Å². The summed E-state index contributed by atoms with van der Waals surface area (Å²) < 4.78 is 28.9. The summed E-state index contributed by atoms with van der Waals surface area (Å²) in [5, 5.41) is 3.12. The highest BCUT2D eigenvalue weighted by molar-refractivity contribution is 8.00. The minimum Gasteiger partial charge on any atom is -0.298 e. The predicted octanol–water partition coefficient (Wildman–Crippen LogP) is 5.34. The average molecular weight is 425 g/mol. The largest absolute Gasteiger partial charge is 0.298 e. The molecule has 0 saturated carbocycles. The second-order valence-corrected chi connectivity index (χ2v) is 10.5. The summed E-state index contributed by atoms with van der Waals surface area (Å²) in [6.07, 6.45) is 0. The van der Waals surface area contributed by atoms with Crippen molar-refractivity contribution in [1.82, 2.24) is 8.87 Å². The van der Waals surface area contributed by atoms with Gasteiger partial charge in [-0.05, 0) is 56.9 Å². The zero-order valence-corrected chi connectivity index (χ0v) is 18.6. The van der Waals surface area contributed by atoms with E-state index in [9.17, 15) is 8.42 Å². The lowest BCUT2D eigenvalue weighted by Crippen LogP contribution is -2.21. The molecule has 4 rings (SSSR count). The summed E-state index contributed by atoms with van der Waals surface area (Å²) in [4.78, 5) is 3.43. The number of hydrogen-bond donors (Lipinski definition) is 0. The highest BCUT2D eigenvalue weighted by Crippen LogP contribution is 2.38. The van der Waals surface area contributed by atoms with Gasteiger partial charge in [-0.15, -0.1) is 11.8 Å². The van der Waals surface area contributed by atoms with Gasteiger partial charge < -0.3 is 0 Å². The van der Waals surface area contributed by atoms with Gasteiger partial charge in [-0.3, -0.25) is 4.90 Å². The Kier molecular flexibility index (Phi) is 5.19. The van der Waals surface area contributed by atoms with Crippen LogP contribution in [0.15, 0.2) is 76.5 Å². The van der Waals surface area contributed by atoms with Crippen LogP contribution in [0.4, 0.5) is 0 Å². The predicted molar refractivity (Wildman–Crippen MR) is 122 cm³/mol. The van der Waals surface area contributed by atoms with Crippen LogP contribution in [-0.4, -0.2) is 36.8 Å². The third-order valence-corrected chi connectivity index (χ3v) is 8.59. The molecule has 29 heavy (non-hydrogen) atoms. The van der Waals surface area contributed by atoms with Gasteiger partial charge >= 0.3 is 0 Å². The number of fused-ring (bicyclic) bond motifs is 2. The van der Waals surface area contributed by atoms with Crippen molar-refractivity contribution in [2.45, 2.75) is 29.0 Å². The molecular formula is C23H24N2O2S2. The summed E-state index contributed by atoms with van der Waals surface area (Å²) in [6.45, 7) is 4.01. The quantitative estimate of drug-likeness (QED) is 0.320. The second kappa shape index (κ2) is 7.52. The van der Waals surface area contributed by atoms with Crippen LogP contribution in [0, 0.1) is 6.92 Å². The van der Waals surface area contributed by atoms with Gasteiger partial charge in [0, 0.05) is 16.0 Å². The minimum absolute atomic E-state index is 0.219. The van der Waals surface area contributed by atoms with E-state index in [0.29, 0.717) is 10.4 Å². The second-order valence-electron chi connectivity index (χ2n) is 7.39. The summed E-state index contributed by atoms with van der Waals surface area (Å²) in [6, 6.07) is 20.8. The standard InChI is InChI=1S/C23H24N2O2S2/c1-16-23(28-17(2)24(3)4)21-11-7-8-12-22(21)25(16)29(26,27)20-14-13-18-9-5-6-10-19(18)15-20/h5-15,17H,1-4H3. The molecular weight excluding hydrogens is 400 g/mol. The van der Waals surface area contributed by atoms with E-state index in [1.54, 1.807) is 23.9 Å². The summed E-state index contributed by atoms with van der Waals surface area (Å²) in [7, 11) is 0.318. The third kappa shape index (κ3) is 3.45. The number of benzene rings is 3. The lowest BCUT2D eigenvalue weighted by Gasteiger charge is -2.19. The molecule has 0 spiro atoms. The van der Waals surface area contributed by atoms with Gasteiger partial charge in [0.05, 0.1) is 15.8 Å². The minimum atomic E-state index is -3.73. The van der Waals surface area contributed by atoms with Gasteiger partial charge in [0.2, 0.25) is 0 Å². The Morgan fingerprint density at radius 3 is 2.31 bits per heavy atom. The first-order valence-corrected chi connectivity index (χ1v) is 11.8. The van der Waals surface area contributed by atoms with Crippen molar-refractivity contribution in [3.8, 4) is 0 Å². The van der Waals surface area contributed by atoms with Crippen LogP contribution in [0.1, 0.15) is 12.6 Å². The molecule has 3 aromatic carbocycles. The Morgan fingerprint density at radius 1 is 0.931 bits per heavy atom. The third-order valence-electron chi connectivity index (χ3n) is 5.28. The first-order chi connectivity index (χ1) is 13.8. The number of nitrogens with zero attached hydrogens (tertiary/aromatic N) is 2. The average Bonchev–Trinajstić information content (AvgIpc) is 2.99. The lowest BCUT2D eigenvalue weighted by molar-refractivity contribution is 0.402. The maximum atomic E-state index is 13.7. The maximum absolute atomic E-state index is 13.7. The molecule has 0 bridgehead atoms. The van der Waals surface area contributed by atoms with E-state index in [2.05, 4.69) is 11.8 Å². The van der Waals surface area contributed by atoms with E-state index in [-0.39, 0.29) is 5.37 Å². The molecule has 1 unspecified atom stereocenters. The SMILES string of the molecule is Cc1c(SC(C)N(C)C)c2ccccc2n1S(=O)(=O)c1ccc2ccccc2c1. The Balaban J connectivity index is 1.93. The number of rotatable bonds is 5. The summed E-state index contributed by atoms with van der Waals surface area (Å²) in [5.74, 6) is 0. The zero-order chi connectivity index (χ0) is 20.8. The number of hydrogen-bond acceptors (Lipinski definition) is 4. The van der Waals surface area contributed by atoms with Gasteiger partial charge in [-0.25, -0.2) is 12.4 Å². The molecule has 4 nitrogen and oxygen atoms in total. The highest BCUT2D eigenvalue weighted by Gasteiger charge is 2.26. The van der Waals surface area contributed by atoms with Gasteiger partial charge in [0.15, 0.2) is 0 Å². The van der Waals surface area contributed by atoms with Crippen LogP contribution in [0.3, 0.4) is 0 Å². The molecule has 0 aliphatic heterocycles. The molecule has 1 aromatic heterocycles. The molecule has 150 valence electrons. The first-order valence-electron chi connectivity index (χ1n) is 9.48. The van der Waals surface area contributed by atoms with E-state index in [4.69, 9.17) is 0 Å². The van der Waals surface area contributed by atoms with Gasteiger partial charge in [-0.1, -0.05) is 48.5 Å². The van der Waals surface area contributed by atoms with Crippen molar-refractivity contribution in [3.05, 3.63) is 72.4 Å². The zero-order valence-electron chi connectivity index (χ0n) is 17.0. The number of aromatic nitrogens is 1. The molecule has 0 amide bonds. The molecule has 1 atom stereocenters. The molecule has 0 aliphatic rings. The fourth-order valence-electron chi connectivity index (χ4n) is 3.48. The Morgan fingerprint density at radius 2 is 1.59 bits per heavy atom. The molecule has 6 heteroatoms. The van der Waals surface area contributed by atoms with E-state index < -0.39 is 10.0 Å². The van der Waals surface area contributed by atoms with Crippen LogP contribution in [0.25, 0.3) is 21.7 Å². The molecule has 0 fully saturated rings. The normalized spacial score (nSPS) is 13.4. The fourth-order valence-corrected chi connectivity index (χ4v) is 6.25. The van der Waals surface area contributed by atoms with E-state index >= 15 is 0 Å². The van der Waals surface area contributed by atoms with Gasteiger partial charge in [-0.2, -0.15) is 0 Å². The van der Waals surface area contributed by atoms with Crippen LogP contribution in [-0.2, 0) is 10.0 Å². The van der Waals surface area contributed by atoms with E-state index in [0.717, 1.165) is 26.7 Å². The molecule has 0 saturated heterocycles. The van der Waals surface area contributed by atoms with Crippen LogP contribution in [0.5, 0.6) is 0 Å². The maximum Gasteiger partial charge on any atom is 0.268 e. The van der Waals surface area contributed by atoms with Crippen molar-refractivity contribution < 1.29 is 8.42 Å². The fraction of sp³-hybridized carbons (Fsp3) is 0.217. The van der Waals surface area contributed by atoms with Crippen LogP contribution >= 0.6 is 11.8 Å². The van der Waals surface area contributed by atoms with E-state index in [1.165, 1.54) is 3.97 Å². The van der Waals surface area contributed by atoms with Crippen molar-refractivity contribution in [1.29, 1.82) is 0 Å². The van der Waals surface area contributed by atoms with Gasteiger partial charge in [0.25, 0.3) is 10.0 Å². The molecule has 0 N–H and O–H groups in total. The molecule has 0 radical (unpaired) electrons. The summed E-state index contributed by atoms with van der Waals surface area (Å²) >= 11 is 1.68. The topological polar surface area (TPSA) is 42.3 Å². The van der Waals surface area contributed by atoms with Crippen LogP contribution < -0.4 is 0 Å². The van der Waals surface area contributed by atoms with Gasteiger partial charge in [0.1, 0.15) is 0 Å². The monoisotopic (exact) mass is 424 g/mol. The van der Waals surface area contributed by atoms with Crippen molar-refractivity contribution in [2.75, 3.05) is 14.1 Å². The van der Waals surface area contributed by atoms with E-state index in [1.807, 2.05) is 75.6 Å². The molecule has 1 heterocycles. The lowest BCUT2D eigenvalue weighted by atomic mass is 10.1. The molecule has 0 aliphatic carbocycles. The van der Waals surface area contributed by atoms with Crippen LogP contribution in [0.2, 0.25) is 0 Å². The number of thioether (sulfide) groups is 1. The first kappa shape index (κ1) is 20.0. The number of para-hydroxylation sites is 1. The molecule has 4 aromatic rings. The Labute approximate surface area is 176 Å². The summed E-state index contributed by atoms with van der Waals surface area (Å²) in [5.41, 5.74) is 1.46. The van der Waals surface area contributed by atoms with Crippen molar-refractivity contribution in [2.24, 2.45) is 0 Å². The Bertz CT molecular complexity index is 1310.